The summed E-state index contributed by atoms with van der Waals surface area (Å²) in [5.74, 6) is 0.666. The predicted molar refractivity (Wildman–Crippen MR) is 149 cm³/mol. The number of carbonyl (C=O) groups is 2. The second-order valence-corrected chi connectivity index (χ2v) is 11.8. The summed E-state index contributed by atoms with van der Waals surface area (Å²) in [6.07, 6.45) is 2.89. The quantitative estimate of drug-likeness (QED) is 0.455. The van der Waals surface area contributed by atoms with Crippen LogP contribution in [0, 0.1) is 17.2 Å². The van der Waals surface area contributed by atoms with E-state index in [2.05, 4.69) is 64.7 Å². The number of anilines is 1. The molecule has 3 aliphatic heterocycles. The monoisotopic (exact) mass is 524 g/mol. The molecule has 3 fully saturated rings. The van der Waals surface area contributed by atoms with Gasteiger partial charge in [0.15, 0.2) is 0 Å². The molecule has 0 bridgehead atoms. The van der Waals surface area contributed by atoms with Crippen molar-refractivity contribution in [2.45, 2.75) is 50.8 Å². The number of amides is 2. The minimum absolute atomic E-state index is 0.00685. The van der Waals surface area contributed by atoms with Crippen molar-refractivity contribution in [3.63, 3.8) is 0 Å². The number of benzene rings is 1. The highest BCUT2D eigenvalue weighted by atomic mass is 32.2. The molecule has 0 saturated carbocycles. The van der Waals surface area contributed by atoms with Crippen LogP contribution in [-0.4, -0.2) is 90.7 Å². The van der Waals surface area contributed by atoms with Gasteiger partial charge in [-0.05, 0) is 69.9 Å². The number of hydrogen-bond donors (Lipinski definition) is 2. The Kier molecular flexibility index (Phi) is 9.52. The summed E-state index contributed by atoms with van der Waals surface area (Å²) in [4.78, 5) is 32.2. The second kappa shape index (κ2) is 12.8. The molecule has 8 nitrogen and oxygen atoms in total. The Balaban J connectivity index is 1.30. The first-order chi connectivity index (χ1) is 17.9. The number of nitriles is 1. The zero-order valence-electron chi connectivity index (χ0n) is 22.3. The van der Waals surface area contributed by atoms with Crippen molar-refractivity contribution in [3.8, 4) is 6.07 Å². The molecule has 37 heavy (non-hydrogen) atoms. The summed E-state index contributed by atoms with van der Waals surface area (Å²) in [6.45, 7) is 10.6. The van der Waals surface area contributed by atoms with Gasteiger partial charge in [-0.25, -0.2) is 0 Å². The van der Waals surface area contributed by atoms with Crippen molar-refractivity contribution in [1.82, 2.24) is 20.0 Å². The molecular weight excluding hydrogens is 484 g/mol. The number of carbonyl (C=O) groups excluding carboxylic acids is 2. The Bertz CT molecular complexity index is 1020. The fourth-order valence-electron chi connectivity index (χ4n) is 5.24. The zero-order valence-corrected chi connectivity index (χ0v) is 23.1. The number of piperidine rings is 1. The largest absolute Gasteiger partial charge is 0.383 e. The lowest BCUT2D eigenvalue weighted by Crippen LogP contribution is -2.45. The van der Waals surface area contributed by atoms with Gasteiger partial charge in [-0.3, -0.25) is 9.59 Å². The molecule has 1 atom stereocenters. The number of thioether (sulfide) groups is 1. The fraction of sp³-hybridized carbons (Fsp3) is 0.607. The van der Waals surface area contributed by atoms with Gasteiger partial charge in [0.2, 0.25) is 11.8 Å². The van der Waals surface area contributed by atoms with Crippen molar-refractivity contribution in [2.75, 3.05) is 58.2 Å². The number of likely N-dealkylation sites (tertiary alicyclic amines) is 2. The number of nitrogens with one attached hydrogen (secondary N) is 2. The highest BCUT2D eigenvalue weighted by molar-refractivity contribution is 8.04. The van der Waals surface area contributed by atoms with Crippen LogP contribution in [0.5, 0.6) is 0 Å². The van der Waals surface area contributed by atoms with Gasteiger partial charge in [0.25, 0.3) is 0 Å². The van der Waals surface area contributed by atoms with Gasteiger partial charge < -0.3 is 25.3 Å². The van der Waals surface area contributed by atoms with Crippen LogP contribution in [-0.2, 0) is 16.0 Å². The maximum Gasteiger partial charge on any atom is 0.242 e. The fourth-order valence-corrected chi connectivity index (χ4v) is 6.51. The maximum atomic E-state index is 13.1. The molecule has 3 heterocycles. The van der Waals surface area contributed by atoms with Crippen molar-refractivity contribution in [1.29, 1.82) is 5.26 Å². The lowest BCUT2D eigenvalue weighted by Gasteiger charge is -2.37. The van der Waals surface area contributed by atoms with Crippen molar-refractivity contribution < 1.29 is 9.59 Å². The van der Waals surface area contributed by atoms with Gasteiger partial charge in [-0.15, -0.1) is 0 Å². The average molecular weight is 525 g/mol. The maximum absolute atomic E-state index is 13.1. The van der Waals surface area contributed by atoms with Crippen LogP contribution in [0.15, 0.2) is 34.9 Å². The molecule has 200 valence electrons. The molecule has 3 saturated heterocycles. The van der Waals surface area contributed by atoms with E-state index in [-0.39, 0.29) is 29.5 Å². The van der Waals surface area contributed by atoms with Crippen LogP contribution < -0.4 is 10.6 Å². The third-order valence-corrected chi connectivity index (χ3v) is 8.82. The van der Waals surface area contributed by atoms with Gasteiger partial charge in [0.05, 0.1) is 23.1 Å². The Hall–Kier alpha value is -2.54. The second-order valence-electron chi connectivity index (χ2n) is 10.6. The molecule has 3 aliphatic rings. The van der Waals surface area contributed by atoms with E-state index >= 15 is 0 Å². The highest BCUT2D eigenvalue weighted by Crippen LogP contribution is 2.38. The van der Waals surface area contributed by atoms with Crippen LogP contribution in [0.4, 0.5) is 5.69 Å². The summed E-state index contributed by atoms with van der Waals surface area (Å²) in [7, 11) is 2.08. The first-order valence-corrected chi connectivity index (χ1v) is 14.4. The van der Waals surface area contributed by atoms with Crippen molar-refractivity contribution in [2.24, 2.45) is 5.92 Å². The van der Waals surface area contributed by atoms with Gasteiger partial charge in [-0.1, -0.05) is 30.8 Å². The molecule has 1 unspecified atom stereocenters. The third kappa shape index (κ3) is 7.28. The van der Waals surface area contributed by atoms with Crippen LogP contribution >= 0.6 is 11.8 Å². The van der Waals surface area contributed by atoms with E-state index in [0.29, 0.717) is 23.7 Å². The third-order valence-electron chi connectivity index (χ3n) is 7.47. The summed E-state index contributed by atoms with van der Waals surface area (Å²) >= 11 is 1.39. The molecule has 0 aliphatic carbocycles. The lowest BCUT2D eigenvalue weighted by molar-refractivity contribution is -0.127. The van der Waals surface area contributed by atoms with Gasteiger partial charge in [0, 0.05) is 44.5 Å². The van der Waals surface area contributed by atoms with Crippen molar-refractivity contribution in [3.05, 3.63) is 40.4 Å². The topological polar surface area (TPSA) is 91.7 Å². The molecule has 9 heteroatoms. The Morgan fingerprint density at radius 2 is 1.89 bits per heavy atom. The molecule has 0 aromatic heterocycles. The van der Waals surface area contributed by atoms with E-state index in [1.807, 2.05) is 6.92 Å². The molecular formula is C28H40N6O2S. The van der Waals surface area contributed by atoms with Gasteiger partial charge >= 0.3 is 0 Å². The number of rotatable bonds is 10. The predicted octanol–water partition coefficient (Wildman–Crippen LogP) is 2.89. The summed E-state index contributed by atoms with van der Waals surface area (Å²) in [5.41, 5.74) is 2.67. The van der Waals surface area contributed by atoms with Crippen LogP contribution in [0.1, 0.15) is 38.7 Å². The first kappa shape index (κ1) is 27.5. The summed E-state index contributed by atoms with van der Waals surface area (Å²) in [6, 6.07) is 10.8. The molecule has 1 aromatic carbocycles. The van der Waals surface area contributed by atoms with E-state index < -0.39 is 0 Å². The van der Waals surface area contributed by atoms with Crippen LogP contribution in [0.25, 0.3) is 0 Å². The van der Waals surface area contributed by atoms with Crippen molar-refractivity contribution >= 4 is 29.3 Å². The van der Waals surface area contributed by atoms with Crippen LogP contribution in [0.3, 0.4) is 0 Å². The minimum atomic E-state index is -0.330. The summed E-state index contributed by atoms with van der Waals surface area (Å²) in [5, 5.41) is 16.6. The van der Waals surface area contributed by atoms with E-state index in [9.17, 15) is 14.9 Å². The Morgan fingerprint density at radius 3 is 2.51 bits per heavy atom. The molecule has 2 N–H and O–H groups in total. The van der Waals surface area contributed by atoms with E-state index in [1.54, 1.807) is 4.90 Å². The summed E-state index contributed by atoms with van der Waals surface area (Å²) < 4.78 is 0. The lowest BCUT2D eigenvalue weighted by atomic mass is 10.0. The molecule has 2 amide bonds. The standard InChI is InChI=1S/C28H40N6O2S/c1-4-34-27(36)25(17-30-23-7-5-21(6-8-23)9-14-33-18-20(2)19-33)37-28(34)22(16-29)15-26(35)31-24-10-12-32(3)13-11-24/h5-8,20,24-25,30H,4,9-15,17-19H2,1-3H3,(H,31,35)/b28-22+. The first-order valence-electron chi connectivity index (χ1n) is 13.5. The number of nitrogens with zero attached hydrogens (tertiary/aromatic N) is 4. The average Bonchev–Trinajstić information content (AvgIpc) is 3.20. The number of hydrogen-bond acceptors (Lipinski definition) is 7. The van der Waals surface area contributed by atoms with E-state index in [0.717, 1.165) is 50.5 Å². The zero-order chi connectivity index (χ0) is 26.4. The Labute approximate surface area is 225 Å². The van der Waals surface area contributed by atoms with Crippen LogP contribution in [0.2, 0.25) is 0 Å². The van der Waals surface area contributed by atoms with E-state index in [1.165, 1.54) is 30.4 Å². The highest BCUT2D eigenvalue weighted by Gasteiger charge is 2.38. The molecule has 0 spiro atoms. The molecule has 0 radical (unpaired) electrons. The van der Waals surface area contributed by atoms with Gasteiger partial charge in [0.1, 0.15) is 5.25 Å². The normalized spacial score (nSPS) is 23.0. The Morgan fingerprint density at radius 1 is 1.19 bits per heavy atom. The molecule has 4 rings (SSSR count). The molecule has 1 aromatic rings. The van der Waals surface area contributed by atoms with E-state index in [4.69, 9.17) is 0 Å². The smallest absolute Gasteiger partial charge is 0.242 e. The minimum Gasteiger partial charge on any atom is -0.383 e. The van der Waals surface area contributed by atoms with Gasteiger partial charge in [-0.2, -0.15) is 5.26 Å². The SMILES string of the molecule is CCN1C(=O)C(CNc2ccc(CCN3CC(C)C3)cc2)S/C1=C(/C#N)CC(=O)NC1CCN(C)CC1.